The number of rotatable bonds is 8. The van der Waals surface area contributed by atoms with Crippen LogP contribution in [-0.2, 0) is 14.8 Å². The van der Waals surface area contributed by atoms with Crippen molar-refractivity contribution in [3.63, 3.8) is 0 Å². The van der Waals surface area contributed by atoms with Gasteiger partial charge in [0.05, 0.1) is 11.9 Å². The molecule has 1 atom stereocenters. The molecule has 0 heterocycles. The van der Waals surface area contributed by atoms with Gasteiger partial charge in [-0.3, -0.25) is 9.10 Å². The first kappa shape index (κ1) is 21.9. The second kappa shape index (κ2) is 9.73. The smallest absolute Gasteiger partial charge is 0.243 e. The average molecular weight is 421 g/mol. The molecule has 2 rings (SSSR count). The number of carbonyl (C=O) groups is 1. The molecule has 1 fully saturated rings. The molecular formula is C18H26F2N2O3S2. The van der Waals surface area contributed by atoms with Crippen molar-refractivity contribution in [2.75, 3.05) is 22.9 Å². The normalized spacial score (nSPS) is 16.7. The zero-order chi connectivity index (χ0) is 20.0. The van der Waals surface area contributed by atoms with E-state index in [0.29, 0.717) is 11.8 Å². The lowest BCUT2D eigenvalue weighted by atomic mass is 10.0. The number of nitrogens with one attached hydrogen (secondary N) is 1. The first-order chi connectivity index (χ1) is 12.7. The molecule has 1 amide bonds. The second-order valence-corrected chi connectivity index (χ2v) is 10.0. The molecule has 0 aromatic heterocycles. The molecule has 1 saturated carbocycles. The summed E-state index contributed by atoms with van der Waals surface area (Å²) in [5, 5.41) is 3.36. The van der Waals surface area contributed by atoms with Gasteiger partial charge in [-0.15, -0.1) is 0 Å². The standard InChI is InChI=1S/C18H26F2N2O3S2/c1-13(18(23)21-10-11-26-15-6-4-3-5-7-15)22(27(2,24)25)14-8-9-16(19)17(20)12-14/h8-9,12-13,15H,3-7,10-11H2,1-2H3,(H,21,23)/t13-/m0/s1. The predicted molar refractivity (Wildman–Crippen MR) is 105 cm³/mol. The Morgan fingerprint density at radius 2 is 1.93 bits per heavy atom. The Kier molecular flexibility index (Phi) is 7.91. The molecule has 27 heavy (non-hydrogen) atoms. The molecular weight excluding hydrogens is 394 g/mol. The Labute approximate surface area is 163 Å². The quantitative estimate of drug-likeness (QED) is 0.656. The maximum absolute atomic E-state index is 13.5. The van der Waals surface area contributed by atoms with E-state index >= 15 is 0 Å². The van der Waals surface area contributed by atoms with E-state index < -0.39 is 33.6 Å². The Balaban J connectivity index is 1.96. The highest BCUT2D eigenvalue weighted by Crippen LogP contribution is 2.28. The first-order valence-electron chi connectivity index (χ1n) is 9.04. The van der Waals surface area contributed by atoms with Crippen LogP contribution in [0.2, 0.25) is 0 Å². The van der Waals surface area contributed by atoms with E-state index in [1.165, 1.54) is 39.0 Å². The number of nitrogens with zero attached hydrogens (tertiary/aromatic N) is 1. The number of sulfonamides is 1. The summed E-state index contributed by atoms with van der Waals surface area (Å²) in [6, 6.07) is 1.68. The summed E-state index contributed by atoms with van der Waals surface area (Å²) >= 11 is 1.83. The Bertz CT molecular complexity index is 753. The molecule has 0 saturated heterocycles. The van der Waals surface area contributed by atoms with Gasteiger partial charge in [0.25, 0.3) is 0 Å². The predicted octanol–water partition coefficient (Wildman–Crippen LogP) is 3.30. The van der Waals surface area contributed by atoms with Crippen LogP contribution in [0, 0.1) is 11.6 Å². The van der Waals surface area contributed by atoms with Crippen LogP contribution in [0.25, 0.3) is 0 Å². The lowest BCUT2D eigenvalue weighted by Crippen LogP contribution is -2.48. The summed E-state index contributed by atoms with van der Waals surface area (Å²) in [7, 11) is -3.86. The average Bonchev–Trinajstić information content (AvgIpc) is 2.61. The van der Waals surface area contributed by atoms with E-state index in [1.807, 2.05) is 11.8 Å². The number of thioether (sulfide) groups is 1. The highest BCUT2D eigenvalue weighted by molar-refractivity contribution is 7.99. The van der Waals surface area contributed by atoms with Crippen molar-refractivity contribution in [3.05, 3.63) is 29.8 Å². The van der Waals surface area contributed by atoms with Crippen LogP contribution in [0.15, 0.2) is 18.2 Å². The van der Waals surface area contributed by atoms with Gasteiger partial charge >= 0.3 is 0 Å². The van der Waals surface area contributed by atoms with Crippen molar-refractivity contribution in [2.24, 2.45) is 0 Å². The van der Waals surface area contributed by atoms with E-state index in [4.69, 9.17) is 0 Å². The minimum Gasteiger partial charge on any atom is -0.353 e. The fourth-order valence-electron chi connectivity index (χ4n) is 3.21. The molecule has 1 aliphatic carbocycles. The van der Waals surface area contributed by atoms with E-state index in [1.54, 1.807) is 0 Å². The van der Waals surface area contributed by atoms with Crippen LogP contribution < -0.4 is 9.62 Å². The van der Waals surface area contributed by atoms with Crippen molar-refractivity contribution in [1.82, 2.24) is 5.32 Å². The van der Waals surface area contributed by atoms with Gasteiger partial charge in [-0.25, -0.2) is 17.2 Å². The summed E-state index contributed by atoms with van der Waals surface area (Å²) in [6.45, 7) is 1.85. The van der Waals surface area contributed by atoms with Crippen LogP contribution in [0.4, 0.5) is 14.5 Å². The minimum atomic E-state index is -3.86. The van der Waals surface area contributed by atoms with Crippen molar-refractivity contribution < 1.29 is 22.0 Å². The third-order valence-electron chi connectivity index (χ3n) is 4.55. The van der Waals surface area contributed by atoms with Gasteiger partial charge in [-0.05, 0) is 31.9 Å². The van der Waals surface area contributed by atoms with Gasteiger partial charge in [0.15, 0.2) is 11.6 Å². The van der Waals surface area contributed by atoms with Crippen LogP contribution in [0.1, 0.15) is 39.0 Å². The van der Waals surface area contributed by atoms with Gasteiger partial charge in [0.2, 0.25) is 15.9 Å². The molecule has 1 aromatic carbocycles. The summed E-state index contributed by atoms with van der Waals surface area (Å²) in [5.41, 5.74) is -0.0874. The molecule has 1 N–H and O–H groups in total. The maximum atomic E-state index is 13.5. The Morgan fingerprint density at radius 3 is 2.52 bits per heavy atom. The summed E-state index contributed by atoms with van der Waals surface area (Å²) in [6.07, 6.45) is 7.12. The van der Waals surface area contributed by atoms with Crippen molar-refractivity contribution in [3.8, 4) is 0 Å². The van der Waals surface area contributed by atoms with E-state index in [-0.39, 0.29) is 5.69 Å². The fraction of sp³-hybridized carbons (Fsp3) is 0.611. The third-order valence-corrected chi connectivity index (χ3v) is 7.18. The van der Waals surface area contributed by atoms with Gasteiger partial charge in [0.1, 0.15) is 6.04 Å². The second-order valence-electron chi connectivity index (χ2n) is 6.76. The van der Waals surface area contributed by atoms with Crippen molar-refractivity contribution in [1.29, 1.82) is 0 Å². The van der Waals surface area contributed by atoms with Gasteiger partial charge in [-0.1, -0.05) is 19.3 Å². The lowest BCUT2D eigenvalue weighted by Gasteiger charge is -2.28. The minimum absolute atomic E-state index is 0.0874. The number of hydrogen-bond acceptors (Lipinski definition) is 4. The Morgan fingerprint density at radius 1 is 1.26 bits per heavy atom. The van der Waals surface area contributed by atoms with Crippen LogP contribution >= 0.6 is 11.8 Å². The fourth-order valence-corrected chi connectivity index (χ4v) is 5.60. The number of benzene rings is 1. The molecule has 0 spiro atoms. The molecule has 0 unspecified atom stereocenters. The SMILES string of the molecule is C[C@@H](C(=O)NCCSC1CCCCC1)N(c1ccc(F)c(F)c1)S(C)(=O)=O. The highest BCUT2D eigenvalue weighted by Gasteiger charge is 2.29. The van der Waals surface area contributed by atoms with Crippen LogP contribution in [0.5, 0.6) is 0 Å². The maximum Gasteiger partial charge on any atom is 0.243 e. The molecule has 0 bridgehead atoms. The summed E-state index contributed by atoms with van der Waals surface area (Å²) in [4.78, 5) is 12.4. The monoisotopic (exact) mass is 420 g/mol. The number of halogens is 2. The third kappa shape index (κ3) is 6.34. The molecule has 5 nitrogen and oxygen atoms in total. The molecule has 1 aromatic rings. The van der Waals surface area contributed by atoms with Crippen LogP contribution in [-0.4, -0.2) is 44.2 Å². The van der Waals surface area contributed by atoms with Gasteiger partial charge in [-0.2, -0.15) is 11.8 Å². The van der Waals surface area contributed by atoms with E-state index in [0.717, 1.165) is 34.5 Å². The van der Waals surface area contributed by atoms with Gasteiger partial charge in [0, 0.05) is 23.6 Å². The van der Waals surface area contributed by atoms with Crippen molar-refractivity contribution in [2.45, 2.75) is 50.3 Å². The van der Waals surface area contributed by atoms with Gasteiger partial charge < -0.3 is 5.32 Å². The summed E-state index contributed by atoms with van der Waals surface area (Å²) < 4.78 is 51.7. The summed E-state index contributed by atoms with van der Waals surface area (Å²) in [5.74, 6) is -1.97. The van der Waals surface area contributed by atoms with E-state index in [2.05, 4.69) is 5.32 Å². The molecule has 9 heteroatoms. The van der Waals surface area contributed by atoms with Crippen LogP contribution in [0.3, 0.4) is 0 Å². The first-order valence-corrected chi connectivity index (χ1v) is 11.9. The number of carbonyl (C=O) groups excluding carboxylic acids is 1. The lowest BCUT2D eigenvalue weighted by molar-refractivity contribution is -0.121. The zero-order valence-electron chi connectivity index (χ0n) is 15.6. The van der Waals surface area contributed by atoms with Crippen molar-refractivity contribution >= 4 is 33.4 Å². The molecule has 152 valence electrons. The largest absolute Gasteiger partial charge is 0.353 e. The topological polar surface area (TPSA) is 66.5 Å². The zero-order valence-corrected chi connectivity index (χ0v) is 17.2. The number of hydrogen-bond donors (Lipinski definition) is 1. The molecule has 0 radical (unpaired) electrons. The van der Waals surface area contributed by atoms with E-state index in [9.17, 15) is 22.0 Å². The number of anilines is 1. The molecule has 1 aliphatic rings. The highest BCUT2D eigenvalue weighted by atomic mass is 32.2. The molecule has 0 aliphatic heterocycles. The number of amides is 1. The Hall–Kier alpha value is -1.35.